The first-order valence-corrected chi connectivity index (χ1v) is 14.3. The van der Waals surface area contributed by atoms with Crippen LogP contribution in [0.1, 0.15) is 71.0 Å². The van der Waals surface area contributed by atoms with E-state index in [1.807, 2.05) is 24.2 Å². The first-order chi connectivity index (χ1) is 19.6. The van der Waals surface area contributed by atoms with Crippen LogP contribution in [0.3, 0.4) is 0 Å². The van der Waals surface area contributed by atoms with Gasteiger partial charge in [-0.2, -0.15) is 0 Å². The van der Waals surface area contributed by atoms with E-state index in [1.165, 1.54) is 23.0 Å². The third-order valence-electron chi connectivity index (χ3n) is 8.78. The third kappa shape index (κ3) is 4.99. The molecule has 1 saturated heterocycles. The van der Waals surface area contributed by atoms with E-state index in [-0.39, 0.29) is 11.9 Å². The SMILES string of the molecule is Cc1ncncc1C(=O)N1CCc2cc(-c3cnc4[nH]cc(C)c4c3)cc([C@@H]3CCCN3CC(C)(C)C(=O)O)c2C1. The number of carboxylic acids is 1. The Bertz CT molecular complexity index is 1660. The van der Waals surface area contributed by atoms with E-state index in [4.69, 9.17) is 0 Å². The Kier molecular flexibility index (Phi) is 6.85. The fourth-order valence-electron chi connectivity index (χ4n) is 6.34. The summed E-state index contributed by atoms with van der Waals surface area (Å²) in [6, 6.07) is 6.77. The number of pyridine rings is 1. The Hall–Kier alpha value is -4.11. The van der Waals surface area contributed by atoms with Gasteiger partial charge in [0, 0.05) is 55.2 Å². The summed E-state index contributed by atoms with van der Waals surface area (Å²) < 4.78 is 0. The van der Waals surface area contributed by atoms with Crippen molar-refractivity contribution in [1.82, 2.24) is 29.7 Å². The number of benzene rings is 1. The predicted molar refractivity (Wildman–Crippen MR) is 156 cm³/mol. The van der Waals surface area contributed by atoms with Crippen molar-refractivity contribution in [2.24, 2.45) is 5.41 Å². The number of carbonyl (C=O) groups excluding carboxylic acids is 1. The van der Waals surface area contributed by atoms with Gasteiger partial charge >= 0.3 is 5.97 Å². The van der Waals surface area contributed by atoms with E-state index in [9.17, 15) is 14.7 Å². The number of fused-ring (bicyclic) bond motifs is 2. The van der Waals surface area contributed by atoms with Crippen molar-refractivity contribution in [2.45, 2.75) is 59.5 Å². The van der Waals surface area contributed by atoms with Gasteiger partial charge in [0.25, 0.3) is 5.91 Å². The number of nitrogens with zero attached hydrogens (tertiary/aromatic N) is 5. The summed E-state index contributed by atoms with van der Waals surface area (Å²) in [5.74, 6) is -0.853. The molecular formula is C32H36N6O3. The Morgan fingerprint density at radius 1 is 1.10 bits per heavy atom. The number of aliphatic carboxylic acids is 1. The number of aryl methyl sites for hydroxylation is 2. The molecule has 1 aromatic carbocycles. The molecule has 0 aliphatic carbocycles. The van der Waals surface area contributed by atoms with E-state index in [2.05, 4.69) is 50.0 Å². The number of amides is 1. The normalized spacial score (nSPS) is 17.7. The van der Waals surface area contributed by atoms with Crippen LogP contribution in [0.15, 0.2) is 43.1 Å². The van der Waals surface area contributed by atoms with Gasteiger partial charge in [-0.15, -0.1) is 0 Å². The summed E-state index contributed by atoms with van der Waals surface area (Å²) in [6.45, 7) is 9.92. The van der Waals surface area contributed by atoms with Gasteiger partial charge in [-0.05, 0) is 93.5 Å². The van der Waals surface area contributed by atoms with Gasteiger partial charge in [-0.1, -0.05) is 6.07 Å². The highest BCUT2D eigenvalue weighted by Gasteiger charge is 2.37. The Balaban J connectivity index is 1.43. The third-order valence-corrected chi connectivity index (χ3v) is 8.78. The number of carbonyl (C=O) groups is 2. The molecule has 3 aromatic heterocycles. The smallest absolute Gasteiger partial charge is 0.310 e. The minimum Gasteiger partial charge on any atom is -0.481 e. The quantitative estimate of drug-likeness (QED) is 0.343. The van der Waals surface area contributed by atoms with Gasteiger partial charge in [-0.3, -0.25) is 14.5 Å². The van der Waals surface area contributed by atoms with Crippen LogP contribution in [0.25, 0.3) is 22.2 Å². The van der Waals surface area contributed by atoms with E-state index in [0.29, 0.717) is 30.9 Å². The van der Waals surface area contributed by atoms with Crippen molar-refractivity contribution in [3.8, 4) is 11.1 Å². The van der Waals surface area contributed by atoms with Crippen molar-refractivity contribution in [1.29, 1.82) is 0 Å². The molecule has 212 valence electrons. The van der Waals surface area contributed by atoms with Crippen LogP contribution in [0.2, 0.25) is 0 Å². The maximum atomic E-state index is 13.6. The molecule has 5 heterocycles. The molecule has 0 radical (unpaired) electrons. The topological polar surface area (TPSA) is 115 Å². The molecule has 9 heteroatoms. The van der Waals surface area contributed by atoms with Crippen molar-refractivity contribution in [3.63, 3.8) is 0 Å². The fourth-order valence-corrected chi connectivity index (χ4v) is 6.34. The van der Waals surface area contributed by atoms with Crippen LogP contribution in [0.5, 0.6) is 0 Å². The lowest BCUT2D eigenvalue weighted by Crippen LogP contribution is -2.40. The zero-order valence-corrected chi connectivity index (χ0v) is 24.1. The highest BCUT2D eigenvalue weighted by atomic mass is 16.4. The largest absolute Gasteiger partial charge is 0.481 e. The van der Waals surface area contributed by atoms with Crippen molar-refractivity contribution in [2.75, 3.05) is 19.6 Å². The molecule has 9 nitrogen and oxygen atoms in total. The minimum absolute atomic E-state index is 0.0587. The first-order valence-electron chi connectivity index (χ1n) is 14.3. The summed E-state index contributed by atoms with van der Waals surface area (Å²) in [6.07, 6.45) is 9.64. The summed E-state index contributed by atoms with van der Waals surface area (Å²) in [5, 5.41) is 11.0. The van der Waals surface area contributed by atoms with E-state index >= 15 is 0 Å². The maximum Gasteiger partial charge on any atom is 0.310 e. The van der Waals surface area contributed by atoms with Crippen LogP contribution >= 0.6 is 0 Å². The molecule has 1 amide bonds. The van der Waals surface area contributed by atoms with Crippen LogP contribution in [-0.2, 0) is 17.8 Å². The van der Waals surface area contributed by atoms with Gasteiger partial charge in [0.05, 0.1) is 16.7 Å². The summed E-state index contributed by atoms with van der Waals surface area (Å²) >= 11 is 0. The zero-order valence-electron chi connectivity index (χ0n) is 24.1. The van der Waals surface area contributed by atoms with Crippen molar-refractivity contribution in [3.05, 3.63) is 76.6 Å². The fraction of sp³-hybridized carbons (Fsp3) is 0.406. The predicted octanol–water partition coefficient (Wildman–Crippen LogP) is 5.08. The number of nitrogens with one attached hydrogen (secondary N) is 1. The number of likely N-dealkylation sites (tertiary alicyclic amines) is 1. The van der Waals surface area contributed by atoms with Gasteiger partial charge in [-0.25, -0.2) is 15.0 Å². The Morgan fingerprint density at radius 2 is 1.93 bits per heavy atom. The van der Waals surface area contributed by atoms with Crippen LogP contribution in [0, 0.1) is 19.3 Å². The van der Waals surface area contributed by atoms with E-state index in [1.54, 1.807) is 20.0 Å². The number of H-pyrrole nitrogens is 1. The highest BCUT2D eigenvalue weighted by molar-refractivity contribution is 5.95. The number of aromatic nitrogens is 4. The number of aromatic amines is 1. The molecule has 4 aromatic rings. The zero-order chi connectivity index (χ0) is 28.9. The maximum absolute atomic E-state index is 13.6. The standard InChI is InChI=1S/C32H36N6O3/c1-19-13-34-29-24(19)12-23(14-35-29)22-10-21-7-9-37(30(39)26-15-33-18-36-20(26)2)16-27(21)25(11-22)28-6-5-8-38(28)17-32(3,4)31(40)41/h10-15,18,28H,5-9,16-17H2,1-4H3,(H,34,35)(H,40,41)/t28-/m0/s1. The van der Waals surface area contributed by atoms with Gasteiger partial charge in [0.2, 0.25) is 0 Å². The van der Waals surface area contributed by atoms with Gasteiger partial charge in [0.15, 0.2) is 0 Å². The lowest BCUT2D eigenvalue weighted by atomic mass is 9.85. The molecule has 0 saturated carbocycles. The van der Waals surface area contributed by atoms with Crippen molar-refractivity contribution >= 4 is 22.9 Å². The van der Waals surface area contributed by atoms with E-state index in [0.717, 1.165) is 53.5 Å². The second kappa shape index (κ2) is 10.4. The van der Waals surface area contributed by atoms with Crippen LogP contribution in [-0.4, -0.2) is 66.4 Å². The average Bonchev–Trinajstić information content (AvgIpc) is 3.57. The Labute approximate surface area is 239 Å². The van der Waals surface area contributed by atoms with E-state index < -0.39 is 11.4 Å². The molecule has 0 spiro atoms. The number of hydrogen-bond donors (Lipinski definition) is 2. The molecule has 2 N–H and O–H groups in total. The van der Waals surface area contributed by atoms with Crippen LogP contribution in [0.4, 0.5) is 0 Å². The molecule has 41 heavy (non-hydrogen) atoms. The summed E-state index contributed by atoms with van der Waals surface area (Å²) in [5.41, 5.74) is 8.09. The molecule has 2 aliphatic heterocycles. The summed E-state index contributed by atoms with van der Waals surface area (Å²) in [7, 11) is 0. The lowest BCUT2D eigenvalue weighted by Gasteiger charge is -2.36. The number of carboxylic acid groups (broad SMARTS) is 1. The second-order valence-corrected chi connectivity index (χ2v) is 12.1. The minimum atomic E-state index is -0.867. The molecule has 2 aliphatic rings. The summed E-state index contributed by atoms with van der Waals surface area (Å²) in [4.78, 5) is 46.0. The molecule has 6 rings (SSSR count). The Morgan fingerprint density at radius 3 is 2.71 bits per heavy atom. The van der Waals surface area contributed by atoms with Crippen molar-refractivity contribution < 1.29 is 14.7 Å². The monoisotopic (exact) mass is 552 g/mol. The number of hydrogen-bond acceptors (Lipinski definition) is 6. The highest BCUT2D eigenvalue weighted by Crippen LogP contribution is 2.41. The van der Waals surface area contributed by atoms with Gasteiger partial charge < -0.3 is 15.0 Å². The average molecular weight is 553 g/mol. The van der Waals surface area contributed by atoms with Crippen LogP contribution < -0.4 is 0 Å². The van der Waals surface area contributed by atoms with Gasteiger partial charge in [0.1, 0.15) is 12.0 Å². The molecule has 0 bridgehead atoms. The molecule has 1 fully saturated rings. The molecule has 0 unspecified atom stereocenters. The molecular weight excluding hydrogens is 516 g/mol. The first kappa shape index (κ1) is 27.1. The lowest BCUT2D eigenvalue weighted by molar-refractivity contribution is -0.148. The number of rotatable bonds is 6. The second-order valence-electron chi connectivity index (χ2n) is 12.1. The molecule has 1 atom stereocenters.